The summed E-state index contributed by atoms with van der Waals surface area (Å²) in [4.78, 5) is 45.7. The van der Waals surface area contributed by atoms with E-state index in [-0.39, 0.29) is 29.7 Å². The molecule has 0 aliphatic heterocycles. The van der Waals surface area contributed by atoms with Gasteiger partial charge >= 0.3 is 0 Å². The molecule has 0 spiro atoms. The Labute approximate surface area is 240 Å². The van der Waals surface area contributed by atoms with Crippen LogP contribution in [0.4, 0.5) is 0 Å². The van der Waals surface area contributed by atoms with Gasteiger partial charge in [-0.1, -0.05) is 11.2 Å². The van der Waals surface area contributed by atoms with Gasteiger partial charge in [-0.05, 0) is 73.8 Å². The van der Waals surface area contributed by atoms with E-state index in [4.69, 9.17) is 15.3 Å². The molecule has 0 heterocycles. The van der Waals surface area contributed by atoms with E-state index in [1.54, 1.807) is 38.4 Å². The number of nitrogens with zero attached hydrogens (tertiary/aromatic N) is 2. The van der Waals surface area contributed by atoms with Crippen molar-refractivity contribution in [2.75, 3.05) is 28.3 Å². The number of nitrogens with two attached hydrogens (primary N) is 1. The summed E-state index contributed by atoms with van der Waals surface area (Å²) in [6, 6.07) is 7.18. The molecular formula is C30H31N3O9. The average Bonchev–Trinajstić information content (AvgIpc) is 2.93. The molecule has 2 aromatic rings. The first-order valence-electron chi connectivity index (χ1n) is 13.1. The zero-order chi connectivity index (χ0) is 30.7. The number of phenolic OH excluding ortho intramolecular Hbond substituents is 1. The number of carbonyl (C=O) groups excluding carboxylic acids is 3. The van der Waals surface area contributed by atoms with E-state index in [1.165, 1.54) is 31.4 Å². The second kappa shape index (κ2) is 10.3. The predicted molar refractivity (Wildman–Crippen MR) is 151 cm³/mol. The van der Waals surface area contributed by atoms with Gasteiger partial charge in [-0.3, -0.25) is 19.3 Å². The summed E-state index contributed by atoms with van der Waals surface area (Å²) < 4.78 is 5.59. The molecule has 12 nitrogen and oxygen atoms in total. The number of hydrogen-bond acceptors (Lipinski definition) is 11. The van der Waals surface area contributed by atoms with Crippen molar-refractivity contribution in [2.45, 2.75) is 24.5 Å². The van der Waals surface area contributed by atoms with Crippen molar-refractivity contribution in [1.82, 2.24) is 4.90 Å². The van der Waals surface area contributed by atoms with Gasteiger partial charge in [-0.25, -0.2) is 0 Å². The fourth-order valence-corrected chi connectivity index (χ4v) is 6.63. The third-order valence-electron chi connectivity index (χ3n) is 8.43. The molecule has 12 heteroatoms. The number of carbonyl (C=O) groups is 3. The molecule has 0 bridgehead atoms. The molecule has 0 aromatic heterocycles. The number of fused-ring (bicyclic) bond motifs is 3. The van der Waals surface area contributed by atoms with Crippen molar-refractivity contribution in [3.63, 3.8) is 0 Å². The molecule has 2 aromatic carbocycles. The number of ether oxygens (including phenoxy) is 1. The van der Waals surface area contributed by atoms with E-state index in [0.717, 1.165) is 0 Å². The SMILES string of the molecule is CO/N=C/c1ccc(OC)c(-c2ccc(O)c3c2C[C@@H]2C[C@@H]4[C@@H](N(C)C)C(=O)C(C(N)=O)=C(O)[C@]4(O)C(=O)C2=C3O)c1. The maximum Gasteiger partial charge on any atom is 0.255 e. The second-order valence-electron chi connectivity index (χ2n) is 10.8. The van der Waals surface area contributed by atoms with Crippen LogP contribution in [0.2, 0.25) is 0 Å². The van der Waals surface area contributed by atoms with E-state index in [2.05, 4.69) is 5.16 Å². The number of aliphatic hydroxyl groups is 3. The summed E-state index contributed by atoms with van der Waals surface area (Å²) in [5.41, 5.74) is 4.01. The quantitative estimate of drug-likeness (QED) is 0.191. The highest BCUT2D eigenvalue weighted by atomic mass is 16.6. The van der Waals surface area contributed by atoms with Crippen LogP contribution in [-0.4, -0.2) is 89.0 Å². The monoisotopic (exact) mass is 577 g/mol. The number of hydrogen-bond donors (Lipinski definition) is 5. The number of oxime groups is 1. The van der Waals surface area contributed by atoms with Gasteiger partial charge in [0.1, 0.15) is 35.7 Å². The summed E-state index contributed by atoms with van der Waals surface area (Å²) in [6.07, 6.45) is 1.63. The number of aliphatic hydroxyl groups excluding tert-OH is 2. The van der Waals surface area contributed by atoms with Crippen LogP contribution >= 0.6 is 0 Å². The first-order chi connectivity index (χ1) is 19.9. The van der Waals surface area contributed by atoms with Crippen molar-refractivity contribution in [1.29, 1.82) is 0 Å². The minimum absolute atomic E-state index is 0.0122. The Morgan fingerprint density at radius 2 is 1.83 bits per heavy atom. The molecule has 5 rings (SSSR count). The normalized spacial score (nSPS) is 25.4. The zero-order valence-electron chi connectivity index (χ0n) is 23.4. The Hall–Kier alpha value is -4.68. The van der Waals surface area contributed by atoms with E-state index in [1.807, 2.05) is 0 Å². The third-order valence-corrected chi connectivity index (χ3v) is 8.43. The highest BCUT2D eigenvalue weighted by Crippen LogP contribution is 2.54. The van der Waals surface area contributed by atoms with Gasteiger partial charge in [0.05, 0.1) is 24.9 Å². The summed E-state index contributed by atoms with van der Waals surface area (Å²) in [5.74, 6) is -6.54. The highest BCUT2D eigenvalue weighted by molar-refractivity contribution is 6.24. The van der Waals surface area contributed by atoms with Crippen molar-refractivity contribution in [2.24, 2.45) is 22.7 Å². The molecule has 4 atom stereocenters. The Balaban J connectivity index is 1.74. The largest absolute Gasteiger partial charge is 0.508 e. The third kappa shape index (κ3) is 4.05. The summed E-state index contributed by atoms with van der Waals surface area (Å²) in [6.45, 7) is 0. The van der Waals surface area contributed by atoms with Crippen LogP contribution in [0.5, 0.6) is 11.5 Å². The van der Waals surface area contributed by atoms with Gasteiger partial charge in [0.2, 0.25) is 5.78 Å². The summed E-state index contributed by atoms with van der Waals surface area (Å²) in [7, 11) is 6.03. The molecule has 220 valence electrons. The van der Waals surface area contributed by atoms with Crippen LogP contribution in [0.25, 0.3) is 16.9 Å². The molecule has 1 amide bonds. The lowest BCUT2D eigenvalue weighted by Crippen LogP contribution is -2.65. The van der Waals surface area contributed by atoms with Crippen LogP contribution in [0.1, 0.15) is 23.1 Å². The number of likely N-dealkylation sites (N-methyl/N-ethyl adjacent to an activating group) is 1. The molecule has 1 fully saturated rings. The zero-order valence-corrected chi connectivity index (χ0v) is 23.4. The highest BCUT2D eigenvalue weighted by Gasteiger charge is 2.64. The van der Waals surface area contributed by atoms with Gasteiger partial charge in [0, 0.05) is 17.1 Å². The summed E-state index contributed by atoms with van der Waals surface area (Å²) in [5, 5.41) is 49.0. The molecule has 0 unspecified atom stereocenters. The van der Waals surface area contributed by atoms with Crippen molar-refractivity contribution < 1.29 is 44.4 Å². The smallest absolute Gasteiger partial charge is 0.255 e. The molecule has 3 aliphatic rings. The lowest BCUT2D eigenvalue weighted by molar-refractivity contribution is -0.153. The number of phenols is 1. The maximum atomic E-state index is 14.0. The number of amides is 1. The number of primary amides is 1. The second-order valence-corrected chi connectivity index (χ2v) is 10.8. The van der Waals surface area contributed by atoms with Crippen LogP contribution in [0.15, 0.2) is 52.4 Å². The number of benzene rings is 2. The van der Waals surface area contributed by atoms with Crippen LogP contribution in [0, 0.1) is 11.8 Å². The van der Waals surface area contributed by atoms with E-state index in [9.17, 15) is 34.8 Å². The Morgan fingerprint density at radius 1 is 1.12 bits per heavy atom. The van der Waals surface area contributed by atoms with Gasteiger partial charge in [0.15, 0.2) is 11.4 Å². The van der Waals surface area contributed by atoms with Crippen LogP contribution in [0.3, 0.4) is 0 Å². The van der Waals surface area contributed by atoms with Crippen LogP contribution < -0.4 is 10.5 Å². The van der Waals surface area contributed by atoms with Crippen molar-refractivity contribution in [3.05, 3.63) is 63.9 Å². The number of ketones is 2. The Bertz CT molecular complexity index is 1620. The lowest BCUT2D eigenvalue weighted by Gasteiger charge is -2.50. The maximum absolute atomic E-state index is 14.0. The fourth-order valence-electron chi connectivity index (χ4n) is 6.63. The molecule has 6 N–H and O–H groups in total. The molecular weight excluding hydrogens is 546 g/mol. The Kier molecular flexibility index (Phi) is 7.07. The minimum Gasteiger partial charge on any atom is -0.508 e. The standard InChI is InChI=1S/C30H31N3O9/c1-33(2)24-18-11-14-10-17-15(16-9-13(12-32-42-4)5-8-20(16)41-3)6-7-19(34)22(17)25(35)21(14)27(37)30(18,40)28(38)23(26(24)36)29(31)39/h5-9,12,14,18,24,34-35,38,40H,10-11H2,1-4H3,(H2,31,39)/b32-12+/t14-,18-,24-,30-/m1/s1. The summed E-state index contributed by atoms with van der Waals surface area (Å²) >= 11 is 0. The van der Waals surface area contributed by atoms with Gasteiger partial charge in [-0.2, -0.15) is 0 Å². The molecule has 0 radical (unpaired) electrons. The van der Waals surface area contributed by atoms with E-state index in [0.29, 0.717) is 28.0 Å². The van der Waals surface area contributed by atoms with Gasteiger partial charge < -0.3 is 35.7 Å². The fraction of sp³-hybridized carbons (Fsp3) is 0.333. The van der Waals surface area contributed by atoms with E-state index < -0.39 is 58.0 Å². The number of aromatic hydroxyl groups is 1. The lowest BCUT2D eigenvalue weighted by atomic mass is 9.57. The van der Waals surface area contributed by atoms with E-state index >= 15 is 0 Å². The topological polar surface area (TPSA) is 192 Å². The van der Waals surface area contributed by atoms with Crippen molar-refractivity contribution >= 4 is 29.4 Å². The first kappa shape index (κ1) is 28.8. The molecule has 42 heavy (non-hydrogen) atoms. The van der Waals surface area contributed by atoms with Gasteiger partial charge in [0.25, 0.3) is 5.91 Å². The minimum atomic E-state index is -2.70. The molecule has 0 saturated heterocycles. The predicted octanol–water partition coefficient (Wildman–Crippen LogP) is 1.62. The van der Waals surface area contributed by atoms with Gasteiger partial charge in [-0.15, -0.1) is 0 Å². The average molecular weight is 578 g/mol. The van der Waals surface area contributed by atoms with Crippen LogP contribution in [-0.2, 0) is 25.6 Å². The Morgan fingerprint density at radius 3 is 2.45 bits per heavy atom. The number of methoxy groups -OCH3 is 1. The molecule has 1 saturated carbocycles. The molecule has 3 aliphatic carbocycles. The number of Topliss-reactive ketones (excluding diaryl/α,β-unsaturated/α-hetero) is 2. The number of rotatable bonds is 6. The van der Waals surface area contributed by atoms with Crippen molar-refractivity contribution in [3.8, 4) is 22.6 Å². The first-order valence-corrected chi connectivity index (χ1v) is 13.1.